The van der Waals surface area contributed by atoms with Gasteiger partial charge in [-0.3, -0.25) is 25.0 Å². The zero-order valence-corrected chi connectivity index (χ0v) is 9.86. The van der Waals surface area contributed by atoms with Crippen LogP contribution in [0.2, 0.25) is 0 Å². The number of benzene rings is 1. The Kier molecular flexibility index (Phi) is 3.65. The fourth-order valence-electron chi connectivity index (χ4n) is 1.32. The van der Waals surface area contributed by atoms with Crippen molar-refractivity contribution in [2.75, 3.05) is 10.6 Å². The summed E-state index contributed by atoms with van der Waals surface area (Å²) in [7, 11) is 0. The van der Waals surface area contributed by atoms with Crippen LogP contribution in [-0.4, -0.2) is 31.9 Å². The monoisotopic (exact) mass is 276 g/mol. The molecule has 3 N–H and O–H groups in total. The highest BCUT2D eigenvalue weighted by Gasteiger charge is 2.16. The van der Waals surface area contributed by atoms with Crippen LogP contribution < -0.4 is 10.6 Å². The number of rotatable bonds is 3. The van der Waals surface area contributed by atoms with Gasteiger partial charge in [-0.15, -0.1) is 0 Å². The molecule has 0 unspecified atom stereocenters. The lowest BCUT2D eigenvalue weighted by molar-refractivity contribution is -0.384. The smallest absolute Gasteiger partial charge is 0.316 e. The third kappa shape index (κ3) is 3.13. The minimum atomic E-state index is -0.984. The highest BCUT2D eigenvalue weighted by molar-refractivity contribution is 6.43. The van der Waals surface area contributed by atoms with E-state index in [1.54, 1.807) is 0 Å². The Balaban J connectivity index is 2.02. The number of anilines is 2. The molecule has 10 nitrogen and oxygen atoms in total. The fourth-order valence-corrected chi connectivity index (χ4v) is 1.32. The van der Waals surface area contributed by atoms with E-state index in [1.165, 1.54) is 18.2 Å². The molecule has 0 aliphatic heterocycles. The number of nitrogens with one attached hydrogen (secondary N) is 3. The van der Waals surface area contributed by atoms with Gasteiger partial charge in [-0.25, -0.2) is 5.10 Å². The van der Waals surface area contributed by atoms with Gasteiger partial charge in [0.15, 0.2) is 0 Å². The Morgan fingerprint density at radius 1 is 1.25 bits per heavy atom. The SMILES string of the molecule is O=C(Nc1cccc([N+](=O)[O-])c1)C(=O)Nc1ncn[nH]1. The third-order valence-corrected chi connectivity index (χ3v) is 2.17. The highest BCUT2D eigenvalue weighted by Crippen LogP contribution is 2.16. The van der Waals surface area contributed by atoms with E-state index in [-0.39, 0.29) is 17.3 Å². The lowest BCUT2D eigenvalue weighted by Gasteiger charge is -2.04. The van der Waals surface area contributed by atoms with Crippen molar-refractivity contribution in [3.8, 4) is 0 Å². The molecular formula is C10H8N6O4. The Hall–Kier alpha value is -3.30. The Morgan fingerprint density at radius 3 is 2.65 bits per heavy atom. The van der Waals surface area contributed by atoms with Crippen LogP contribution in [0.4, 0.5) is 17.3 Å². The predicted octanol–water partition coefficient (Wildman–Crippen LogP) is 0.290. The van der Waals surface area contributed by atoms with Crippen molar-refractivity contribution in [2.24, 2.45) is 0 Å². The molecule has 0 bridgehead atoms. The molecule has 20 heavy (non-hydrogen) atoms. The van der Waals surface area contributed by atoms with Crippen molar-refractivity contribution in [3.05, 3.63) is 40.7 Å². The summed E-state index contributed by atoms with van der Waals surface area (Å²) in [5.74, 6) is -1.95. The molecule has 1 aromatic heterocycles. The van der Waals surface area contributed by atoms with E-state index in [1.807, 2.05) is 0 Å². The Morgan fingerprint density at radius 2 is 2.00 bits per heavy atom. The normalized spacial score (nSPS) is 9.80. The van der Waals surface area contributed by atoms with Crippen molar-refractivity contribution in [1.29, 1.82) is 0 Å². The molecular weight excluding hydrogens is 268 g/mol. The van der Waals surface area contributed by atoms with Gasteiger partial charge in [-0.2, -0.15) is 10.1 Å². The first-order chi connectivity index (χ1) is 9.56. The number of hydrogen-bond acceptors (Lipinski definition) is 6. The van der Waals surface area contributed by atoms with E-state index in [0.717, 1.165) is 12.4 Å². The predicted molar refractivity (Wildman–Crippen MR) is 66.7 cm³/mol. The number of amides is 2. The van der Waals surface area contributed by atoms with Crippen LogP contribution in [0.15, 0.2) is 30.6 Å². The average Bonchev–Trinajstić information content (AvgIpc) is 2.91. The summed E-state index contributed by atoms with van der Waals surface area (Å²) in [4.78, 5) is 36.6. The maximum atomic E-state index is 11.6. The zero-order valence-electron chi connectivity index (χ0n) is 9.86. The van der Waals surface area contributed by atoms with Crippen LogP contribution in [-0.2, 0) is 9.59 Å². The number of aromatic amines is 1. The number of carbonyl (C=O) groups is 2. The molecule has 10 heteroatoms. The number of non-ortho nitro benzene ring substituents is 1. The van der Waals surface area contributed by atoms with Crippen LogP contribution in [0, 0.1) is 10.1 Å². The van der Waals surface area contributed by atoms with Crippen LogP contribution in [0.5, 0.6) is 0 Å². The molecule has 0 saturated heterocycles. The fraction of sp³-hybridized carbons (Fsp3) is 0. The summed E-state index contributed by atoms with van der Waals surface area (Å²) < 4.78 is 0. The molecule has 0 fully saturated rings. The minimum absolute atomic E-state index is 0.0178. The van der Waals surface area contributed by atoms with Crippen molar-refractivity contribution < 1.29 is 14.5 Å². The second-order valence-corrected chi connectivity index (χ2v) is 3.55. The van der Waals surface area contributed by atoms with Crippen LogP contribution in [0.3, 0.4) is 0 Å². The average molecular weight is 276 g/mol. The Bertz CT molecular complexity index is 654. The topological polar surface area (TPSA) is 143 Å². The van der Waals surface area contributed by atoms with Crippen molar-refractivity contribution in [3.63, 3.8) is 0 Å². The number of hydrogen-bond donors (Lipinski definition) is 3. The standard InChI is InChI=1S/C10H8N6O4/c17-8(9(18)14-10-11-5-12-15-10)13-6-2-1-3-7(4-6)16(19)20/h1-5H,(H,13,17)(H2,11,12,14,15,18). The van der Waals surface area contributed by atoms with Crippen LogP contribution in [0.1, 0.15) is 0 Å². The molecule has 0 saturated carbocycles. The quantitative estimate of drug-likeness (QED) is 0.417. The minimum Gasteiger partial charge on any atom is -0.318 e. The molecule has 102 valence electrons. The first-order valence-electron chi connectivity index (χ1n) is 5.28. The van der Waals surface area contributed by atoms with E-state index in [4.69, 9.17) is 0 Å². The zero-order chi connectivity index (χ0) is 14.5. The molecule has 0 spiro atoms. The van der Waals surface area contributed by atoms with E-state index >= 15 is 0 Å². The second kappa shape index (κ2) is 5.56. The molecule has 1 aromatic carbocycles. The van der Waals surface area contributed by atoms with Gasteiger partial charge in [-0.1, -0.05) is 6.07 Å². The third-order valence-electron chi connectivity index (χ3n) is 2.17. The number of nitro benzene ring substituents is 1. The van der Waals surface area contributed by atoms with Gasteiger partial charge in [0.05, 0.1) is 4.92 Å². The van der Waals surface area contributed by atoms with Gasteiger partial charge >= 0.3 is 11.8 Å². The maximum Gasteiger partial charge on any atom is 0.316 e. The summed E-state index contributed by atoms with van der Waals surface area (Å²) in [6.07, 6.45) is 1.16. The van der Waals surface area contributed by atoms with E-state index < -0.39 is 16.7 Å². The number of aromatic nitrogens is 3. The lowest BCUT2D eigenvalue weighted by Crippen LogP contribution is -2.29. The van der Waals surface area contributed by atoms with Gasteiger partial charge in [0.1, 0.15) is 6.33 Å². The lowest BCUT2D eigenvalue weighted by atomic mass is 10.3. The van der Waals surface area contributed by atoms with E-state index in [2.05, 4.69) is 25.8 Å². The number of nitro groups is 1. The van der Waals surface area contributed by atoms with Crippen molar-refractivity contribution >= 4 is 29.1 Å². The molecule has 0 radical (unpaired) electrons. The summed E-state index contributed by atoms with van der Waals surface area (Å²) in [5, 5.41) is 20.8. The van der Waals surface area contributed by atoms with Crippen LogP contribution >= 0.6 is 0 Å². The van der Waals surface area contributed by atoms with Gasteiger partial charge in [0.2, 0.25) is 5.95 Å². The largest absolute Gasteiger partial charge is 0.318 e. The van der Waals surface area contributed by atoms with E-state index in [0.29, 0.717) is 0 Å². The number of H-pyrrole nitrogens is 1. The highest BCUT2D eigenvalue weighted by atomic mass is 16.6. The van der Waals surface area contributed by atoms with Gasteiger partial charge in [0.25, 0.3) is 5.69 Å². The van der Waals surface area contributed by atoms with Gasteiger partial charge in [-0.05, 0) is 6.07 Å². The van der Waals surface area contributed by atoms with Gasteiger partial charge < -0.3 is 5.32 Å². The summed E-state index contributed by atoms with van der Waals surface area (Å²) in [5.41, 5.74) is -0.0598. The number of carbonyl (C=O) groups excluding carboxylic acids is 2. The molecule has 2 aromatic rings. The van der Waals surface area contributed by atoms with Crippen LogP contribution in [0.25, 0.3) is 0 Å². The van der Waals surface area contributed by atoms with Crippen molar-refractivity contribution in [2.45, 2.75) is 0 Å². The first kappa shape index (κ1) is 13.1. The molecule has 2 rings (SSSR count). The molecule has 1 heterocycles. The molecule has 0 atom stereocenters. The molecule has 0 aliphatic rings. The first-order valence-corrected chi connectivity index (χ1v) is 5.28. The van der Waals surface area contributed by atoms with Crippen molar-refractivity contribution in [1.82, 2.24) is 15.2 Å². The second-order valence-electron chi connectivity index (χ2n) is 3.55. The Labute approximate surface area is 111 Å². The van der Waals surface area contributed by atoms with E-state index in [9.17, 15) is 19.7 Å². The summed E-state index contributed by atoms with van der Waals surface area (Å²) in [6.45, 7) is 0. The van der Waals surface area contributed by atoms with Gasteiger partial charge in [0, 0.05) is 17.8 Å². The molecule has 2 amide bonds. The summed E-state index contributed by atoms with van der Waals surface area (Å²) >= 11 is 0. The maximum absolute atomic E-state index is 11.6. The number of nitrogens with zero attached hydrogens (tertiary/aromatic N) is 3. The summed E-state index contributed by atoms with van der Waals surface area (Å²) in [6, 6.07) is 5.22. The molecule has 0 aliphatic carbocycles.